The molecule has 5 nitrogen and oxygen atoms in total. The third kappa shape index (κ3) is 3.22. The number of carboxylic acids is 1. The van der Waals surface area contributed by atoms with E-state index >= 15 is 0 Å². The zero-order valence-electron chi connectivity index (χ0n) is 14.3. The normalized spacial score (nSPS) is 13.5. The molecule has 3 aromatic rings. The van der Waals surface area contributed by atoms with Gasteiger partial charge in [0.1, 0.15) is 4.75 Å². The second kappa shape index (κ2) is 7.13. The maximum atomic E-state index is 12.8. The smallest absolute Gasteiger partial charge is 0.324 e. The predicted molar refractivity (Wildman–Crippen MR) is 104 cm³/mol. The van der Waals surface area contributed by atoms with Crippen LogP contribution in [0.1, 0.15) is 19.4 Å². The molecule has 0 aliphatic heterocycles. The highest BCUT2D eigenvalue weighted by atomic mass is 35.5. The van der Waals surface area contributed by atoms with E-state index in [9.17, 15) is 14.7 Å². The van der Waals surface area contributed by atoms with Gasteiger partial charge in [0.15, 0.2) is 5.16 Å². The Bertz CT molecular complexity index is 1040. The van der Waals surface area contributed by atoms with E-state index < -0.39 is 10.7 Å². The van der Waals surface area contributed by atoms with Crippen LogP contribution in [-0.4, -0.2) is 20.6 Å². The summed E-state index contributed by atoms with van der Waals surface area (Å²) in [6, 6.07) is 13.8. The average Bonchev–Trinajstić information content (AvgIpc) is 2.63. The molecule has 0 aliphatic rings. The summed E-state index contributed by atoms with van der Waals surface area (Å²) < 4.78 is 0.200. The van der Waals surface area contributed by atoms with Gasteiger partial charge in [-0.2, -0.15) is 0 Å². The fourth-order valence-electron chi connectivity index (χ4n) is 2.69. The second-order valence-electron chi connectivity index (χ2n) is 5.91. The Kier molecular flexibility index (Phi) is 5.07. The predicted octanol–water partition coefficient (Wildman–Crippen LogP) is 4.16. The molecule has 0 radical (unpaired) electrons. The van der Waals surface area contributed by atoms with Crippen molar-refractivity contribution >= 4 is 40.2 Å². The van der Waals surface area contributed by atoms with Gasteiger partial charge in [0.05, 0.1) is 10.9 Å². The topological polar surface area (TPSA) is 72.2 Å². The molecule has 7 heteroatoms. The van der Waals surface area contributed by atoms with Gasteiger partial charge >= 0.3 is 5.97 Å². The lowest BCUT2D eigenvalue weighted by molar-refractivity contribution is -0.139. The van der Waals surface area contributed by atoms with Crippen LogP contribution in [0.5, 0.6) is 0 Å². The third-order valence-corrected chi connectivity index (χ3v) is 5.77. The molecule has 134 valence electrons. The SMILES string of the molecule is CCn1c(SC(C)(C(=O)O)c2ccccc2)nc2ccc(Cl)cc2c1=O. The average molecular weight is 389 g/mol. The van der Waals surface area contributed by atoms with E-state index in [0.29, 0.717) is 33.2 Å². The lowest BCUT2D eigenvalue weighted by Gasteiger charge is -2.25. The second-order valence-corrected chi connectivity index (χ2v) is 7.73. The molecule has 1 N–H and O–H groups in total. The fraction of sp³-hybridized carbons (Fsp3) is 0.211. The van der Waals surface area contributed by atoms with Crippen molar-refractivity contribution in [2.24, 2.45) is 0 Å². The van der Waals surface area contributed by atoms with E-state index in [1.165, 1.54) is 4.57 Å². The molecule has 0 fully saturated rings. The van der Waals surface area contributed by atoms with Gasteiger partial charge in [0.2, 0.25) is 0 Å². The van der Waals surface area contributed by atoms with Gasteiger partial charge in [0, 0.05) is 11.6 Å². The van der Waals surface area contributed by atoms with E-state index in [4.69, 9.17) is 11.6 Å². The molecule has 0 saturated carbocycles. The molecule has 1 unspecified atom stereocenters. The van der Waals surface area contributed by atoms with Crippen LogP contribution in [0.2, 0.25) is 5.02 Å². The number of hydrogen-bond donors (Lipinski definition) is 1. The van der Waals surface area contributed by atoms with Crippen molar-refractivity contribution in [3.05, 3.63) is 69.5 Å². The fourth-order valence-corrected chi connectivity index (χ4v) is 4.04. The van der Waals surface area contributed by atoms with Crippen LogP contribution in [0, 0.1) is 0 Å². The van der Waals surface area contributed by atoms with E-state index in [0.717, 1.165) is 11.8 Å². The van der Waals surface area contributed by atoms with Gasteiger partial charge in [-0.05, 0) is 37.6 Å². The van der Waals surface area contributed by atoms with Crippen molar-refractivity contribution in [3.8, 4) is 0 Å². The summed E-state index contributed by atoms with van der Waals surface area (Å²) in [5, 5.41) is 11.1. The number of halogens is 1. The maximum Gasteiger partial charge on any atom is 0.324 e. The van der Waals surface area contributed by atoms with Gasteiger partial charge in [-0.25, -0.2) is 4.98 Å². The van der Waals surface area contributed by atoms with Crippen LogP contribution >= 0.6 is 23.4 Å². The Morgan fingerprint density at radius 2 is 1.96 bits per heavy atom. The first-order chi connectivity index (χ1) is 12.4. The van der Waals surface area contributed by atoms with Crippen molar-refractivity contribution in [2.45, 2.75) is 30.3 Å². The van der Waals surface area contributed by atoms with Crippen LogP contribution in [-0.2, 0) is 16.1 Å². The van der Waals surface area contributed by atoms with Crippen molar-refractivity contribution in [1.29, 1.82) is 0 Å². The number of carbonyl (C=O) groups is 1. The van der Waals surface area contributed by atoms with Gasteiger partial charge < -0.3 is 5.11 Å². The molecule has 0 amide bonds. The highest BCUT2D eigenvalue weighted by Crippen LogP contribution is 2.40. The first-order valence-electron chi connectivity index (χ1n) is 8.05. The van der Waals surface area contributed by atoms with E-state index in [1.54, 1.807) is 49.4 Å². The summed E-state index contributed by atoms with van der Waals surface area (Å²) >= 11 is 7.05. The number of rotatable bonds is 5. The zero-order chi connectivity index (χ0) is 18.9. The highest BCUT2D eigenvalue weighted by molar-refractivity contribution is 8.00. The van der Waals surface area contributed by atoms with Gasteiger partial charge in [0.25, 0.3) is 5.56 Å². The molecule has 26 heavy (non-hydrogen) atoms. The summed E-state index contributed by atoms with van der Waals surface area (Å²) in [6.45, 7) is 3.82. The number of aromatic nitrogens is 2. The number of nitrogens with zero attached hydrogens (tertiary/aromatic N) is 2. The van der Waals surface area contributed by atoms with Crippen LogP contribution < -0.4 is 5.56 Å². The summed E-state index contributed by atoms with van der Waals surface area (Å²) in [5.74, 6) is -0.998. The molecule has 2 aromatic carbocycles. The number of fused-ring (bicyclic) bond motifs is 1. The first kappa shape index (κ1) is 18.5. The molecule has 3 rings (SSSR count). The summed E-state index contributed by atoms with van der Waals surface area (Å²) in [5.41, 5.74) is 0.890. The molecule has 1 atom stereocenters. The van der Waals surface area contributed by atoms with Crippen LogP contribution in [0.25, 0.3) is 10.9 Å². The maximum absolute atomic E-state index is 12.8. The van der Waals surface area contributed by atoms with E-state index in [1.807, 2.05) is 13.0 Å². The Morgan fingerprint density at radius 1 is 1.27 bits per heavy atom. The van der Waals surface area contributed by atoms with E-state index in [-0.39, 0.29) is 5.56 Å². The Balaban J connectivity index is 2.19. The number of hydrogen-bond acceptors (Lipinski definition) is 4. The Labute approximate surface area is 159 Å². The largest absolute Gasteiger partial charge is 0.480 e. The molecule has 0 spiro atoms. The van der Waals surface area contributed by atoms with Crippen molar-refractivity contribution in [3.63, 3.8) is 0 Å². The quantitative estimate of drug-likeness (QED) is 0.524. The Hall–Kier alpha value is -2.31. The van der Waals surface area contributed by atoms with Crippen LogP contribution in [0.15, 0.2) is 58.5 Å². The summed E-state index contributed by atoms with van der Waals surface area (Å²) in [6.07, 6.45) is 0. The minimum atomic E-state index is -1.28. The summed E-state index contributed by atoms with van der Waals surface area (Å²) in [4.78, 5) is 29.4. The van der Waals surface area contributed by atoms with Gasteiger partial charge in [-0.15, -0.1) is 0 Å². The molecule has 0 saturated heterocycles. The minimum Gasteiger partial charge on any atom is -0.480 e. The van der Waals surface area contributed by atoms with E-state index in [2.05, 4.69) is 4.98 Å². The first-order valence-corrected chi connectivity index (χ1v) is 9.24. The monoisotopic (exact) mass is 388 g/mol. The lowest BCUT2D eigenvalue weighted by atomic mass is 10.0. The zero-order valence-corrected chi connectivity index (χ0v) is 15.8. The van der Waals surface area contributed by atoms with Gasteiger partial charge in [-0.1, -0.05) is 53.7 Å². The van der Waals surface area contributed by atoms with Crippen molar-refractivity contribution < 1.29 is 9.90 Å². The molecule has 1 aromatic heterocycles. The Morgan fingerprint density at radius 3 is 2.58 bits per heavy atom. The molecular formula is C19H17ClN2O3S. The van der Waals surface area contributed by atoms with Crippen LogP contribution in [0.3, 0.4) is 0 Å². The molecule has 0 aliphatic carbocycles. The highest BCUT2D eigenvalue weighted by Gasteiger charge is 2.38. The van der Waals surface area contributed by atoms with Crippen molar-refractivity contribution in [2.75, 3.05) is 0 Å². The number of thioether (sulfide) groups is 1. The number of carboxylic acid groups (broad SMARTS) is 1. The van der Waals surface area contributed by atoms with Crippen LogP contribution in [0.4, 0.5) is 0 Å². The lowest BCUT2D eigenvalue weighted by Crippen LogP contribution is -2.31. The molecule has 1 heterocycles. The minimum absolute atomic E-state index is 0.233. The third-order valence-electron chi connectivity index (χ3n) is 4.23. The number of benzene rings is 2. The molecule has 0 bridgehead atoms. The van der Waals surface area contributed by atoms with Crippen molar-refractivity contribution in [1.82, 2.24) is 9.55 Å². The standard InChI is InChI=1S/C19H17ClN2O3S/c1-3-22-16(23)14-11-13(20)9-10-15(14)21-18(22)26-19(2,17(24)25)12-7-5-4-6-8-12/h4-11H,3H2,1-2H3,(H,24,25). The van der Waals surface area contributed by atoms with Gasteiger partial charge in [-0.3, -0.25) is 14.2 Å². The summed E-state index contributed by atoms with van der Waals surface area (Å²) in [7, 11) is 0. The molecular weight excluding hydrogens is 372 g/mol. The number of aliphatic carboxylic acids is 1.